The van der Waals surface area contributed by atoms with E-state index < -0.39 is 0 Å². The maximum Gasteiger partial charge on any atom is 0.338 e. The zero-order chi connectivity index (χ0) is 21.5. The van der Waals surface area contributed by atoms with E-state index in [1.54, 1.807) is 43.3 Å². The lowest BCUT2D eigenvalue weighted by Gasteiger charge is -2.37. The summed E-state index contributed by atoms with van der Waals surface area (Å²) in [7, 11) is 0. The molecule has 4 aliphatic rings. The van der Waals surface area contributed by atoms with Crippen LogP contribution >= 0.6 is 0 Å². The number of ether oxygens (including phenoxy) is 1. The molecule has 1 saturated heterocycles. The number of fused-ring (bicyclic) bond motifs is 1. The van der Waals surface area contributed by atoms with Crippen molar-refractivity contribution in [3.05, 3.63) is 59.9 Å². The Labute approximate surface area is 179 Å². The van der Waals surface area contributed by atoms with Crippen LogP contribution < -0.4 is 0 Å². The number of allylic oxidation sites excluding steroid dienone is 2. The summed E-state index contributed by atoms with van der Waals surface area (Å²) in [5.74, 6) is -0.0625. The molecule has 7 heteroatoms. The zero-order valence-corrected chi connectivity index (χ0v) is 17.1. The Morgan fingerprint density at radius 3 is 2.29 bits per heavy atom. The molecule has 0 spiro atoms. The average molecular weight is 418 g/mol. The fraction of sp³-hybridized carbons (Fsp3) is 0.333. The molecule has 4 atom stereocenters. The SMILES string of the molecule is CCOC(=O)c1ccc(-c2ccc(/C=N\N3C(=O)[C@@H]4[C@H](C3=O)[C@H]3C=C[C@H]4CC3)o2)cc1. The Balaban J connectivity index is 1.30. The Morgan fingerprint density at radius 2 is 1.71 bits per heavy atom. The number of nitrogens with zero attached hydrogens (tertiary/aromatic N) is 2. The van der Waals surface area contributed by atoms with Crippen LogP contribution in [0, 0.1) is 23.7 Å². The second kappa shape index (κ2) is 7.65. The Bertz CT molecular complexity index is 1070. The lowest BCUT2D eigenvalue weighted by Crippen LogP contribution is -2.38. The summed E-state index contributed by atoms with van der Waals surface area (Å²) in [6.07, 6.45) is 7.48. The summed E-state index contributed by atoms with van der Waals surface area (Å²) in [6.45, 7) is 2.08. The maximum atomic E-state index is 12.8. The third-order valence-electron chi connectivity index (χ3n) is 6.34. The highest BCUT2D eigenvalue weighted by Gasteiger charge is 2.56. The number of furan rings is 1. The van der Waals surface area contributed by atoms with Crippen LogP contribution in [0.4, 0.5) is 0 Å². The highest BCUT2D eigenvalue weighted by molar-refractivity contribution is 6.06. The zero-order valence-electron chi connectivity index (χ0n) is 17.1. The van der Waals surface area contributed by atoms with E-state index in [-0.39, 0.29) is 41.5 Å². The van der Waals surface area contributed by atoms with E-state index in [4.69, 9.17) is 9.15 Å². The van der Waals surface area contributed by atoms with Crippen molar-refractivity contribution in [2.24, 2.45) is 28.8 Å². The molecule has 0 unspecified atom stereocenters. The molecule has 0 radical (unpaired) electrons. The highest BCUT2D eigenvalue weighted by Crippen LogP contribution is 2.49. The number of hydrogen-bond acceptors (Lipinski definition) is 6. The van der Waals surface area contributed by atoms with Gasteiger partial charge < -0.3 is 9.15 Å². The fourth-order valence-corrected chi connectivity index (χ4v) is 4.85. The largest absolute Gasteiger partial charge is 0.462 e. The van der Waals surface area contributed by atoms with Crippen LogP contribution in [-0.2, 0) is 14.3 Å². The predicted molar refractivity (Wildman–Crippen MR) is 112 cm³/mol. The van der Waals surface area contributed by atoms with Crippen LogP contribution in [0.3, 0.4) is 0 Å². The van der Waals surface area contributed by atoms with Crippen LogP contribution in [0.15, 0.2) is 58.1 Å². The third-order valence-corrected chi connectivity index (χ3v) is 6.34. The van der Waals surface area contributed by atoms with E-state index in [1.807, 2.05) is 0 Å². The molecule has 2 amide bonds. The van der Waals surface area contributed by atoms with Crippen molar-refractivity contribution in [3.63, 3.8) is 0 Å². The van der Waals surface area contributed by atoms with E-state index >= 15 is 0 Å². The molecule has 6 rings (SSSR count). The first-order valence-electron chi connectivity index (χ1n) is 10.5. The number of benzene rings is 1. The van der Waals surface area contributed by atoms with Crippen molar-refractivity contribution < 1.29 is 23.5 Å². The van der Waals surface area contributed by atoms with Gasteiger partial charge in [0.15, 0.2) is 0 Å². The Hall–Kier alpha value is -3.48. The van der Waals surface area contributed by atoms with E-state index in [1.165, 1.54) is 6.21 Å². The molecule has 1 saturated carbocycles. The second-order valence-electron chi connectivity index (χ2n) is 8.07. The number of carbonyl (C=O) groups is 3. The summed E-state index contributed by atoms with van der Waals surface area (Å²) in [5.41, 5.74) is 1.25. The molecule has 2 bridgehead atoms. The van der Waals surface area contributed by atoms with Gasteiger partial charge >= 0.3 is 5.97 Å². The molecule has 2 aromatic rings. The van der Waals surface area contributed by atoms with Crippen LogP contribution in [0.1, 0.15) is 35.9 Å². The summed E-state index contributed by atoms with van der Waals surface area (Å²) in [5, 5.41) is 5.19. The topological polar surface area (TPSA) is 89.2 Å². The van der Waals surface area contributed by atoms with Crippen molar-refractivity contribution in [1.29, 1.82) is 0 Å². The first-order valence-corrected chi connectivity index (χ1v) is 10.5. The van der Waals surface area contributed by atoms with Crippen LogP contribution in [0.5, 0.6) is 0 Å². The fourth-order valence-electron chi connectivity index (χ4n) is 4.85. The lowest BCUT2D eigenvalue weighted by atomic mass is 9.63. The van der Waals surface area contributed by atoms with Gasteiger partial charge in [-0.15, -0.1) is 0 Å². The number of hydrazone groups is 1. The van der Waals surface area contributed by atoms with Gasteiger partial charge in [0.1, 0.15) is 11.5 Å². The summed E-state index contributed by atoms with van der Waals surface area (Å²) in [6, 6.07) is 10.4. The molecular weight excluding hydrogens is 396 g/mol. The molecule has 2 heterocycles. The Morgan fingerprint density at radius 1 is 1.06 bits per heavy atom. The van der Waals surface area contributed by atoms with Crippen molar-refractivity contribution in [2.45, 2.75) is 19.8 Å². The van der Waals surface area contributed by atoms with Crippen LogP contribution in [0.2, 0.25) is 0 Å². The van der Waals surface area contributed by atoms with E-state index in [9.17, 15) is 14.4 Å². The van der Waals surface area contributed by atoms with Gasteiger partial charge in [0.25, 0.3) is 11.8 Å². The minimum Gasteiger partial charge on any atom is -0.462 e. The van der Waals surface area contributed by atoms with Crippen molar-refractivity contribution >= 4 is 24.0 Å². The maximum absolute atomic E-state index is 12.8. The molecule has 31 heavy (non-hydrogen) atoms. The molecule has 1 aliphatic heterocycles. The minimum atomic E-state index is -0.370. The lowest BCUT2D eigenvalue weighted by molar-refractivity contribution is -0.140. The molecule has 1 aromatic carbocycles. The van der Waals surface area contributed by atoms with Crippen molar-refractivity contribution in [1.82, 2.24) is 5.01 Å². The highest BCUT2D eigenvalue weighted by atomic mass is 16.5. The van der Waals surface area contributed by atoms with E-state index in [2.05, 4.69) is 17.3 Å². The number of amides is 2. The summed E-state index contributed by atoms with van der Waals surface area (Å²) < 4.78 is 10.8. The monoisotopic (exact) mass is 418 g/mol. The van der Waals surface area contributed by atoms with Crippen LogP contribution in [0.25, 0.3) is 11.3 Å². The van der Waals surface area contributed by atoms with Gasteiger partial charge in [0.05, 0.1) is 30.2 Å². The van der Waals surface area contributed by atoms with Gasteiger partial charge in [0, 0.05) is 5.56 Å². The van der Waals surface area contributed by atoms with Crippen molar-refractivity contribution in [3.8, 4) is 11.3 Å². The van der Waals surface area contributed by atoms with Crippen molar-refractivity contribution in [2.75, 3.05) is 6.61 Å². The molecule has 0 N–H and O–H groups in total. The molecular formula is C24H22N2O5. The van der Waals surface area contributed by atoms with E-state index in [0.717, 1.165) is 23.4 Å². The quantitative estimate of drug-likeness (QED) is 0.320. The minimum absolute atomic E-state index is 0.138. The smallest absolute Gasteiger partial charge is 0.338 e. The van der Waals surface area contributed by atoms with Gasteiger partial charge in [0.2, 0.25) is 0 Å². The number of imide groups is 1. The first-order chi connectivity index (χ1) is 15.1. The molecule has 3 aliphatic carbocycles. The molecule has 2 fully saturated rings. The van der Waals surface area contributed by atoms with Crippen LogP contribution in [-0.4, -0.2) is 35.6 Å². The third kappa shape index (κ3) is 3.30. The second-order valence-corrected chi connectivity index (χ2v) is 8.07. The summed E-state index contributed by atoms with van der Waals surface area (Å²) in [4.78, 5) is 37.4. The molecule has 1 aromatic heterocycles. The number of carbonyl (C=O) groups excluding carboxylic acids is 3. The molecule has 7 nitrogen and oxygen atoms in total. The number of esters is 1. The van der Waals surface area contributed by atoms with Gasteiger partial charge in [-0.25, -0.2) is 4.79 Å². The number of rotatable bonds is 5. The number of hydrogen-bond donors (Lipinski definition) is 0. The predicted octanol–water partition coefficient (Wildman–Crippen LogP) is 3.65. The standard InChI is InChI=1S/C24H22N2O5/c1-2-30-24(29)17-9-3-14(4-10-17)19-12-11-18(31-19)13-25-26-22(27)20-15-5-6-16(8-7-15)21(20)23(26)28/h3-6,9-13,15-16,20-21H,2,7-8H2,1H3/b25-13-/t15-,16-,20-,21+/m0/s1. The Kier molecular flexibility index (Phi) is 4.81. The van der Waals surface area contributed by atoms with Gasteiger partial charge in [-0.3, -0.25) is 9.59 Å². The van der Waals surface area contributed by atoms with Gasteiger partial charge in [-0.2, -0.15) is 10.1 Å². The van der Waals surface area contributed by atoms with Gasteiger partial charge in [-0.05, 0) is 55.9 Å². The van der Waals surface area contributed by atoms with Gasteiger partial charge in [-0.1, -0.05) is 24.3 Å². The average Bonchev–Trinajstić information content (AvgIpc) is 3.38. The van der Waals surface area contributed by atoms with E-state index in [0.29, 0.717) is 23.7 Å². The first kappa shape index (κ1) is 19.5. The molecule has 158 valence electrons. The normalized spacial score (nSPS) is 26.7. The summed E-state index contributed by atoms with van der Waals surface area (Å²) >= 11 is 0.